The molecule has 2 aromatic rings. The van der Waals surface area contributed by atoms with Gasteiger partial charge in [-0.05, 0) is 49.4 Å². The summed E-state index contributed by atoms with van der Waals surface area (Å²) < 4.78 is 39.9. The van der Waals surface area contributed by atoms with Gasteiger partial charge in [-0.25, -0.2) is 13.2 Å². The predicted molar refractivity (Wildman–Crippen MR) is 113 cm³/mol. The smallest absolute Gasteiger partial charge is 0.337 e. The molecule has 0 heterocycles. The molecule has 0 aliphatic heterocycles. The van der Waals surface area contributed by atoms with Crippen LogP contribution in [0.4, 0.5) is 11.4 Å². The number of esters is 1. The van der Waals surface area contributed by atoms with Gasteiger partial charge in [-0.1, -0.05) is 0 Å². The third-order valence-corrected chi connectivity index (χ3v) is 5.46. The summed E-state index contributed by atoms with van der Waals surface area (Å²) in [6.45, 7) is 1.56. The van der Waals surface area contributed by atoms with Crippen LogP contribution in [0.2, 0.25) is 0 Å². The van der Waals surface area contributed by atoms with E-state index < -0.39 is 28.0 Å². The van der Waals surface area contributed by atoms with Crippen LogP contribution in [0, 0.1) is 0 Å². The highest BCUT2D eigenvalue weighted by atomic mass is 32.2. The molecule has 2 aromatic carbocycles. The fraction of sp³-hybridized carbons (Fsp3) is 0.300. The van der Waals surface area contributed by atoms with Gasteiger partial charge in [0.05, 0.1) is 37.4 Å². The highest BCUT2D eigenvalue weighted by molar-refractivity contribution is 7.92. The fourth-order valence-electron chi connectivity index (χ4n) is 2.47. The molecule has 0 radical (unpaired) electrons. The van der Waals surface area contributed by atoms with Gasteiger partial charge in [0, 0.05) is 7.05 Å². The Kier molecular flexibility index (Phi) is 7.28. The Morgan fingerprint density at radius 2 is 1.70 bits per heavy atom. The number of hydrogen-bond acceptors (Lipinski definition) is 7. The van der Waals surface area contributed by atoms with Crippen LogP contribution >= 0.6 is 0 Å². The number of rotatable bonds is 8. The molecule has 1 unspecified atom stereocenters. The van der Waals surface area contributed by atoms with Gasteiger partial charge in [0.2, 0.25) is 10.0 Å². The van der Waals surface area contributed by atoms with Crippen molar-refractivity contribution in [2.75, 3.05) is 37.1 Å². The first-order chi connectivity index (χ1) is 14.1. The van der Waals surface area contributed by atoms with Gasteiger partial charge < -0.3 is 19.5 Å². The normalized spacial score (nSPS) is 11.9. The van der Waals surface area contributed by atoms with Gasteiger partial charge in [-0.2, -0.15) is 0 Å². The molecular weight excluding hydrogens is 412 g/mol. The molecule has 9 nitrogen and oxygen atoms in total. The molecule has 0 bridgehead atoms. The highest BCUT2D eigenvalue weighted by Gasteiger charge is 2.19. The molecule has 0 fully saturated rings. The molecule has 162 valence electrons. The van der Waals surface area contributed by atoms with E-state index in [9.17, 15) is 18.0 Å². The summed E-state index contributed by atoms with van der Waals surface area (Å²) in [6, 6.07) is 10.8. The van der Waals surface area contributed by atoms with Gasteiger partial charge in [0.25, 0.3) is 5.91 Å². The van der Waals surface area contributed by atoms with Gasteiger partial charge >= 0.3 is 5.97 Å². The summed E-state index contributed by atoms with van der Waals surface area (Å²) in [5.74, 6) is -0.251. The second-order valence-corrected chi connectivity index (χ2v) is 8.39. The standard InChI is InChI=1S/C20H24N2O7S/c1-13(29-16-9-7-15(8-10-16)22(2)30(5,25)26)19(23)21-17-12-14(20(24)28-4)6-11-18(17)27-3/h6-13H,1-5H3,(H,21,23). The predicted octanol–water partition coefficient (Wildman–Crippen LogP) is 2.28. The van der Waals surface area contributed by atoms with Crippen molar-refractivity contribution in [1.82, 2.24) is 0 Å². The number of nitrogens with one attached hydrogen (secondary N) is 1. The molecule has 0 aromatic heterocycles. The lowest BCUT2D eigenvalue weighted by Gasteiger charge is -2.19. The molecule has 1 amide bonds. The van der Waals surface area contributed by atoms with E-state index in [2.05, 4.69) is 10.1 Å². The molecule has 2 rings (SSSR count). The van der Waals surface area contributed by atoms with Gasteiger partial charge in [0.15, 0.2) is 6.10 Å². The van der Waals surface area contributed by atoms with Crippen LogP contribution in [-0.4, -0.2) is 53.9 Å². The molecular formula is C20H24N2O7S. The van der Waals surface area contributed by atoms with Crippen molar-refractivity contribution in [3.05, 3.63) is 48.0 Å². The second-order valence-electron chi connectivity index (χ2n) is 6.38. The monoisotopic (exact) mass is 436 g/mol. The van der Waals surface area contributed by atoms with Crippen LogP contribution in [0.1, 0.15) is 17.3 Å². The van der Waals surface area contributed by atoms with Crippen LogP contribution in [0.3, 0.4) is 0 Å². The molecule has 0 spiro atoms. The van der Waals surface area contributed by atoms with E-state index in [4.69, 9.17) is 9.47 Å². The van der Waals surface area contributed by atoms with Crippen molar-refractivity contribution in [3.63, 3.8) is 0 Å². The summed E-state index contributed by atoms with van der Waals surface area (Å²) in [5, 5.41) is 2.67. The van der Waals surface area contributed by atoms with E-state index in [0.717, 1.165) is 10.6 Å². The summed E-state index contributed by atoms with van der Waals surface area (Å²) in [4.78, 5) is 24.3. The maximum Gasteiger partial charge on any atom is 0.337 e. The number of sulfonamides is 1. The maximum absolute atomic E-state index is 12.5. The molecule has 0 aliphatic rings. The third kappa shape index (κ3) is 5.63. The highest BCUT2D eigenvalue weighted by Crippen LogP contribution is 2.27. The first-order valence-corrected chi connectivity index (χ1v) is 10.7. The van der Waals surface area contributed by atoms with Crippen molar-refractivity contribution < 1.29 is 32.2 Å². The molecule has 0 saturated heterocycles. The van der Waals surface area contributed by atoms with Crippen LogP contribution in [0.25, 0.3) is 0 Å². The van der Waals surface area contributed by atoms with Gasteiger partial charge in [-0.3, -0.25) is 9.10 Å². The van der Waals surface area contributed by atoms with E-state index in [1.807, 2.05) is 0 Å². The molecule has 1 atom stereocenters. The maximum atomic E-state index is 12.5. The van der Waals surface area contributed by atoms with Crippen molar-refractivity contribution >= 4 is 33.3 Å². The SMILES string of the molecule is COC(=O)c1ccc(OC)c(NC(=O)C(C)Oc2ccc(N(C)S(C)(=O)=O)cc2)c1. The van der Waals surface area contributed by atoms with Crippen molar-refractivity contribution in [2.45, 2.75) is 13.0 Å². The third-order valence-electron chi connectivity index (χ3n) is 4.26. The largest absolute Gasteiger partial charge is 0.495 e. The number of amides is 1. The van der Waals surface area contributed by atoms with Crippen molar-refractivity contribution in [2.24, 2.45) is 0 Å². The Morgan fingerprint density at radius 3 is 2.23 bits per heavy atom. The Morgan fingerprint density at radius 1 is 1.07 bits per heavy atom. The number of carbonyl (C=O) groups excluding carboxylic acids is 2. The number of anilines is 2. The van der Waals surface area contributed by atoms with Crippen LogP contribution in [-0.2, 0) is 19.6 Å². The molecule has 0 aliphatic carbocycles. The Bertz CT molecular complexity index is 1020. The lowest BCUT2D eigenvalue weighted by Crippen LogP contribution is -2.30. The minimum Gasteiger partial charge on any atom is -0.495 e. The molecule has 30 heavy (non-hydrogen) atoms. The summed E-state index contributed by atoms with van der Waals surface area (Å²) in [7, 11) is 0.773. The van der Waals surface area contributed by atoms with E-state index in [1.54, 1.807) is 37.3 Å². The summed E-state index contributed by atoms with van der Waals surface area (Å²) in [6.07, 6.45) is 0.225. The van der Waals surface area contributed by atoms with E-state index in [1.165, 1.54) is 33.4 Å². The van der Waals surface area contributed by atoms with E-state index in [-0.39, 0.29) is 5.56 Å². The lowest BCUT2D eigenvalue weighted by molar-refractivity contribution is -0.122. The first-order valence-electron chi connectivity index (χ1n) is 8.84. The zero-order valence-corrected chi connectivity index (χ0v) is 18.1. The Balaban J connectivity index is 2.10. The number of carbonyl (C=O) groups is 2. The van der Waals surface area contributed by atoms with Crippen molar-refractivity contribution in [1.29, 1.82) is 0 Å². The first kappa shape index (κ1) is 23.0. The second kappa shape index (κ2) is 9.49. The van der Waals surface area contributed by atoms with Crippen LogP contribution in [0.15, 0.2) is 42.5 Å². The average molecular weight is 436 g/mol. The number of methoxy groups -OCH3 is 2. The molecule has 0 saturated carbocycles. The number of nitrogens with zero attached hydrogens (tertiary/aromatic N) is 1. The average Bonchev–Trinajstić information content (AvgIpc) is 2.72. The fourth-order valence-corrected chi connectivity index (χ4v) is 2.97. The Labute approximate surface area is 175 Å². The zero-order chi connectivity index (χ0) is 22.5. The molecule has 1 N–H and O–H groups in total. The van der Waals surface area contributed by atoms with Gasteiger partial charge in [0.1, 0.15) is 11.5 Å². The van der Waals surface area contributed by atoms with Crippen molar-refractivity contribution in [3.8, 4) is 11.5 Å². The summed E-state index contributed by atoms with van der Waals surface area (Å²) in [5.41, 5.74) is 1.02. The van der Waals surface area contributed by atoms with E-state index >= 15 is 0 Å². The quantitative estimate of drug-likeness (QED) is 0.632. The lowest BCUT2D eigenvalue weighted by atomic mass is 10.2. The van der Waals surface area contributed by atoms with Crippen LogP contribution in [0.5, 0.6) is 11.5 Å². The Hall–Kier alpha value is -3.27. The zero-order valence-electron chi connectivity index (χ0n) is 17.3. The summed E-state index contributed by atoms with van der Waals surface area (Å²) >= 11 is 0. The van der Waals surface area contributed by atoms with E-state index in [0.29, 0.717) is 22.9 Å². The molecule has 10 heteroatoms. The number of hydrogen-bond donors (Lipinski definition) is 1. The minimum atomic E-state index is -3.37. The number of benzene rings is 2. The topological polar surface area (TPSA) is 111 Å². The minimum absolute atomic E-state index is 0.257. The van der Waals surface area contributed by atoms with Crippen LogP contribution < -0.4 is 19.1 Å². The van der Waals surface area contributed by atoms with Gasteiger partial charge in [-0.15, -0.1) is 0 Å². The number of ether oxygens (including phenoxy) is 3.